The Labute approximate surface area is 166 Å². The summed E-state index contributed by atoms with van der Waals surface area (Å²) in [6.45, 7) is 3.07. The van der Waals surface area contributed by atoms with E-state index < -0.39 is 0 Å². The van der Waals surface area contributed by atoms with Crippen LogP contribution in [0.4, 0.5) is 0 Å². The molecule has 1 aromatic rings. The van der Waals surface area contributed by atoms with Crippen molar-refractivity contribution in [2.45, 2.75) is 51.6 Å². The number of piperidine rings is 1. The summed E-state index contributed by atoms with van der Waals surface area (Å²) in [7, 11) is 0. The molecular weight excluding hydrogens is 366 g/mol. The number of nitrogens with zero attached hydrogens (tertiary/aromatic N) is 2. The Morgan fingerprint density at radius 2 is 1.74 bits per heavy atom. The molecule has 1 aliphatic heterocycles. The molecule has 2 aliphatic rings. The molecule has 1 aliphatic carbocycles. The summed E-state index contributed by atoms with van der Waals surface area (Å²) in [5.41, 5.74) is 1.90. The molecule has 1 saturated heterocycles. The first kappa shape index (κ1) is 21.2. The first-order chi connectivity index (χ1) is 12.5. The molecule has 2 fully saturated rings. The van der Waals surface area contributed by atoms with Crippen LogP contribution >= 0.6 is 12.4 Å². The van der Waals surface area contributed by atoms with Crippen LogP contribution in [0.25, 0.3) is 0 Å². The Morgan fingerprint density at radius 1 is 1.15 bits per heavy atom. The van der Waals surface area contributed by atoms with E-state index in [0.717, 1.165) is 57.2 Å². The number of hydrogen-bond donors (Lipinski definition) is 1. The Kier molecular flexibility index (Phi) is 7.25. The summed E-state index contributed by atoms with van der Waals surface area (Å²) < 4.78 is 5.35. The van der Waals surface area contributed by atoms with Gasteiger partial charge in [0.2, 0.25) is 0 Å². The Balaban J connectivity index is 0.00000261. The largest absolute Gasteiger partial charge is 0.463 e. The zero-order valence-corrected chi connectivity index (χ0v) is 16.5. The van der Waals surface area contributed by atoms with E-state index in [9.17, 15) is 9.59 Å². The van der Waals surface area contributed by atoms with Crippen LogP contribution in [0.2, 0.25) is 0 Å². The zero-order valence-electron chi connectivity index (χ0n) is 15.7. The maximum atomic E-state index is 12.7. The van der Waals surface area contributed by atoms with Gasteiger partial charge in [-0.2, -0.15) is 5.10 Å². The lowest BCUT2D eigenvalue weighted by Gasteiger charge is -2.45. The number of ether oxygens (including phenoxy) is 1. The predicted molar refractivity (Wildman–Crippen MR) is 107 cm³/mol. The van der Waals surface area contributed by atoms with Crippen molar-refractivity contribution in [2.75, 3.05) is 13.1 Å². The minimum atomic E-state index is -0.185. The zero-order chi connectivity index (χ0) is 18.6. The van der Waals surface area contributed by atoms with Crippen molar-refractivity contribution < 1.29 is 14.3 Å². The van der Waals surface area contributed by atoms with Crippen LogP contribution in [-0.2, 0) is 9.53 Å². The molecule has 27 heavy (non-hydrogen) atoms. The highest BCUT2D eigenvalue weighted by Gasteiger charge is 2.39. The van der Waals surface area contributed by atoms with E-state index >= 15 is 0 Å². The van der Waals surface area contributed by atoms with Crippen molar-refractivity contribution >= 4 is 30.5 Å². The number of benzene rings is 1. The lowest BCUT2D eigenvalue weighted by atomic mass is 9.67. The summed E-state index contributed by atoms with van der Waals surface area (Å²) in [6.07, 6.45) is 7.75. The van der Waals surface area contributed by atoms with Gasteiger partial charge in [-0.15, -0.1) is 12.4 Å². The standard InChI is InChI=1S/C20H27N3O3.ClH/c1-15(24)26-18-6-8-20(9-7-18)10-12-23(13-11-20)19(25)17-4-2-16(3-5-17)14-22-21;/h2-5,14,18H,6-13,21H2,1H3;1H. The van der Waals surface area contributed by atoms with Gasteiger partial charge in [-0.25, -0.2) is 0 Å². The quantitative estimate of drug-likeness (QED) is 0.370. The van der Waals surface area contributed by atoms with Gasteiger partial charge < -0.3 is 15.5 Å². The topological polar surface area (TPSA) is 85.0 Å². The number of halogens is 1. The molecule has 0 aromatic heterocycles. The van der Waals surface area contributed by atoms with Crippen molar-refractivity contribution in [2.24, 2.45) is 16.4 Å². The molecular formula is C20H28ClN3O3. The number of amides is 1. The second kappa shape index (κ2) is 9.22. The van der Waals surface area contributed by atoms with Gasteiger partial charge in [0.15, 0.2) is 0 Å². The van der Waals surface area contributed by atoms with Gasteiger partial charge in [0.1, 0.15) is 6.10 Å². The van der Waals surface area contributed by atoms with Crippen molar-refractivity contribution in [1.29, 1.82) is 0 Å². The van der Waals surface area contributed by atoms with Gasteiger partial charge in [0.25, 0.3) is 5.91 Å². The molecule has 0 unspecified atom stereocenters. The van der Waals surface area contributed by atoms with Crippen LogP contribution < -0.4 is 5.84 Å². The minimum Gasteiger partial charge on any atom is -0.463 e. The van der Waals surface area contributed by atoms with E-state index in [-0.39, 0.29) is 30.4 Å². The third-order valence-corrected chi connectivity index (χ3v) is 5.82. The highest BCUT2D eigenvalue weighted by Crippen LogP contribution is 2.45. The predicted octanol–water partition coefficient (Wildman–Crippen LogP) is 3.13. The molecule has 1 heterocycles. The number of hydrazone groups is 1. The Morgan fingerprint density at radius 3 is 2.26 bits per heavy atom. The van der Waals surface area contributed by atoms with Crippen molar-refractivity contribution in [3.63, 3.8) is 0 Å². The van der Waals surface area contributed by atoms with E-state index in [1.165, 1.54) is 6.92 Å². The molecule has 0 atom stereocenters. The molecule has 3 rings (SSSR count). The van der Waals surface area contributed by atoms with Crippen molar-refractivity contribution in [3.05, 3.63) is 35.4 Å². The van der Waals surface area contributed by atoms with Crippen LogP contribution in [0.15, 0.2) is 29.4 Å². The summed E-state index contributed by atoms with van der Waals surface area (Å²) in [5.74, 6) is 5.05. The minimum absolute atomic E-state index is 0. The number of hydrogen-bond acceptors (Lipinski definition) is 5. The van der Waals surface area contributed by atoms with Gasteiger partial charge in [0, 0.05) is 25.6 Å². The highest BCUT2D eigenvalue weighted by atomic mass is 35.5. The van der Waals surface area contributed by atoms with Crippen LogP contribution in [0, 0.1) is 5.41 Å². The van der Waals surface area contributed by atoms with Gasteiger partial charge in [-0.05, 0) is 61.6 Å². The Hall–Kier alpha value is -2.08. The molecule has 7 heteroatoms. The number of nitrogens with two attached hydrogens (primary N) is 1. The van der Waals surface area contributed by atoms with Crippen LogP contribution in [0.3, 0.4) is 0 Å². The molecule has 2 N–H and O–H groups in total. The Bertz CT molecular complexity index is 672. The van der Waals surface area contributed by atoms with E-state index in [4.69, 9.17) is 10.6 Å². The third-order valence-electron chi connectivity index (χ3n) is 5.82. The van der Waals surface area contributed by atoms with Gasteiger partial charge in [-0.1, -0.05) is 12.1 Å². The van der Waals surface area contributed by atoms with Gasteiger partial charge in [0.05, 0.1) is 6.21 Å². The average Bonchev–Trinajstić information content (AvgIpc) is 2.65. The summed E-state index contributed by atoms with van der Waals surface area (Å²) in [6, 6.07) is 7.36. The second-order valence-electron chi connectivity index (χ2n) is 7.50. The van der Waals surface area contributed by atoms with Crippen molar-refractivity contribution in [3.8, 4) is 0 Å². The lowest BCUT2D eigenvalue weighted by Crippen LogP contribution is -2.45. The first-order valence-electron chi connectivity index (χ1n) is 9.31. The second-order valence-corrected chi connectivity index (χ2v) is 7.50. The normalized spacial score (nSPS) is 19.7. The number of carbonyl (C=O) groups is 2. The maximum absolute atomic E-state index is 12.7. The van der Waals surface area contributed by atoms with E-state index in [2.05, 4.69) is 5.10 Å². The molecule has 148 valence electrons. The fourth-order valence-corrected chi connectivity index (χ4v) is 4.22. The van der Waals surface area contributed by atoms with Gasteiger partial charge in [-0.3, -0.25) is 9.59 Å². The lowest BCUT2D eigenvalue weighted by molar-refractivity contribution is -0.149. The highest BCUT2D eigenvalue weighted by molar-refractivity contribution is 5.95. The molecule has 1 spiro atoms. The van der Waals surface area contributed by atoms with Crippen molar-refractivity contribution in [1.82, 2.24) is 4.90 Å². The van der Waals surface area contributed by atoms with Crippen LogP contribution in [0.1, 0.15) is 61.4 Å². The fraction of sp³-hybridized carbons (Fsp3) is 0.550. The first-order valence-corrected chi connectivity index (χ1v) is 9.31. The summed E-state index contributed by atoms with van der Waals surface area (Å²) in [4.78, 5) is 25.8. The molecule has 1 saturated carbocycles. The van der Waals surface area contributed by atoms with Crippen LogP contribution in [-0.4, -0.2) is 42.2 Å². The molecule has 0 radical (unpaired) electrons. The number of esters is 1. The smallest absolute Gasteiger partial charge is 0.302 e. The summed E-state index contributed by atoms with van der Waals surface area (Å²) in [5, 5.41) is 3.49. The summed E-state index contributed by atoms with van der Waals surface area (Å²) >= 11 is 0. The number of likely N-dealkylation sites (tertiary alicyclic amines) is 1. The molecule has 1 amide bonds. The molecule has 1 aromatic carbocycles. The van der Waals surface area contributed by atoms with E-state index in [1.807, 2.05) is 29.2 Å². The van der Waals surface area contributed by atoms with E-state index in [0.29, 0.717) is 11.0 Å². The van der Waals surface area contributed by atoms with Gasteiger partial charge >= 0.3 is 5.97 Å². The maximum Gasteiger partial charge on any atom is 0.302 e. The van der Waals surface area contributed by atoms with E-state index in [1.54, 1.807) is 6.21 Å². The third kappa shape index (κ3) is 5.22. The monoisotopic (exact) mass is 393 g/mol. The average molecular weight is 394 g/mol. The molecule has 6 nitrogen and oxygen atoms in total. The number of carbonyl (C=O) groups excluding carboxylic acids is 2. The fourth-order valence-electron chi connectivity index (χ4n) is 4.22. The number of rotatable bonds is 3. The van der Waals surface area contributed by atoms with Crippen LogP contribution in [0.5, 0.6) is 0 Å². The SMILES string of the molecule is CC(=O)OC1CCC2(CC1)CCN(C(=O)c1ccc(C=NN)cc1)CC2.Cl. The molecule has 0 bridgehead atoms.